The van der Waals surface area contributed by atoms with E-state index in [0.29, 0.717) is 18.4 Å². The Morgan fingerprint density at radius 3 is 2.94 bits per heavy atom. The van der Waals surface area contributed by atoms with Gasteiger partial charge < -0.3 is 20.3 Å². The third kappa shape index (κ3) is 4.97. The highest BCUT2D eigenvalue weighted by atomic mass is 16.5. The minimum atomic E-state index is -1.19. The number of ether oxygens (including phenoxy) is 1. The third-order valence-corrected chi connectivity index (χ3v) is 2.05. The van der Waals surface area contributed by atoms with Crippen molar-refractivity contribution in [3.05, 3.63) is 12.3 Å². The van der Waals surface area contributed by atoms with Crippen LogP contribution < -0.4 is 10.1 Å². The fraction of sp³-hybridized carbons (Fsp3) is 0.636. The SMILES string of the molecule is CCCOc1ccnc(NCC(C)(O)CO)n1. The topological polar surface area (TPSA) is 87.5 Å². The quantitative estimate of drug-likeness (QED) is 0.641. The normalized spacial score (nSPS) is 14.1. The largest absolute Gasteiger partial charge is 0.478 e. The molecule has 1 heterocycles. The zero-order valence-electron chi connectivity index (χ0n) is 10.2. The molecule has 0 saturated carbocycles. The minimum Gasteiger partial charge on any atom is -0.478 e. The van der Waals surface area contributed by atoms with Crippen molar-refractivity contribution in [1.29, 1.82) is 0 Å². The molecular formula is C11H19N3O3. The van der Waals surface area contributed by atoms with Crippen LogP contribution in [0, 0.1) is 0 Å². The molecule has 3 N–H and O–H groups in total. The van der Waals surface area contributed by atoms with E-state index in [0.717, 1.165) is 6.42 Å². The van der Waals surface area contributed by atoms with Crippen molar-refractivity contribution in [2.45, 2.75) is 25.9 Å². The van der Waals surface area contributed by atoms with Gasteiger partial charge in [-0.25, -0.2) is 4.98 Å². The lowest BCUT2D eigenvalue weighted by Crippen LogP contribution is -2.37. The van der Waals surface area contributed by atoms with Gasteiger partial charge in [0.1, 0.15) is 5.60 Å². The monoisotopic (exact) mass is 241 g/mol. The van der Waals surface area contributed by atoms with E-state index in [4.69, 9.17) is 9.84 Å². The van der Waals surface area contributed by atoms with Gasteiger partial charge in [-0.2, -0.15) is 4.98 Å². The number of rotatable bonds is 7. The van der Waals surface area contributed by atoms with Crippen LogP contribution in [0.5, 0.6) is 5.88 Å². The molecule has 1 aromatic rings. The minimum absolute atomic E-state index is 0.167. The first-order chi connectivity index (χ1) is 8.07. The lowest BCUT2D eigenvalue weighted by Gasteiger charge is -2.20. The first kappa shape index (κ1) is 13.7. The van der Waals surface area contributed by atoms with Gasteiger partial charge >= 0.3 is 0 Å². The van der Waals surface area contributed by atoms with E-state index in [1.807, 2.05) is 6.92 Å². The highest BCUT2D eigenvalue weighted by Gasteiger charge is 2.18. The van der Waals surface area contributed by atoms with Crippen molar-refractivity contribution in [3.63, 3.8) is 0 Å². The van der Waals surface area contributed by atoms with E-state index in [1.165, 1.54) is 6.92 Å². The lowest BCUT2D eigenvalue weighted by molar-refractivity contribution is 0.0131. The zero-order chi connectivity index (χ0) is 12.7. The highest BCUT2D eigenvalue weighted by Crippen LogP contribution is 2.10. The van der Waals surface area contributed by atoms with Crippen LogP contribution in [0.1, 0.15) is 20.3 Å². The van der Waals surface area contributed by atoms with Gasteiger partial charge in [0.25, 0.3) is 0 Å². The summed E-state index contributed by atoms with van der Waals surface area (Å²) in [5.74, 6) is 0.861. The first-order valence-electron chi connectivity index (χ1n) is 5.60. The van der Waals surface area contributed by atoms with Crippen molar-refractivity contribution >= 4 is 5.95 Å². The molecule has 96 valence electrons. The molecule has 0 saturated heterocycles. The molecule has 1 rings (SSSR count). The second kappa shape index (κ2) is 6.36. The molecule has 0 aliphatic rings. The maximum absolute atomic E-state index is 9.60. The molecule has 0 aliphatic carbocycles. The van der Waals surface area contributed by atoms with E-state index in [-0.39, 0.29) is 13.2 Å². The number of anilines is 1. The predicted molar refractivity (Wildman–Crippen MR) is 64.0 cm³/mol. The molecule has 0 amide bonds. The standard InChI is InChI=1S/C11H19N3O3/c1-3-6-17-9-4-5-12-10(14-9)13-7-11(2,16)8-15/h4-5,15-16H,3,6-8H2,1-2H3,(H,12,13,14). The van der Waals surface area contributed by atoms with Crippen molar-refractivity contribution in [1.82, 2.24) is 9.97 Å². The van der Waals surface area contributed by atoms with E-state index >= 15 is 0 Å². The van der Waals surface area contributed by atoms with Gasteiger partial charge in [-0.15, -0.1) is 0 Å². The Bertz CT molecular complexity index is 344. The summed E-state index contributed by atoms with van der Waals surface area (Å²) in [6.07, 6.45) is 2.49. The van der Waals surface area contributed by atoms with Crippen LogP contribution in [0.15, 0.2) is 12.3 Å². The Labute approximate surface area is 101 Å². The molecule has 17 heavy (non-hydrogen) atoms. The summed E-state index contributed by atoms with van der Waals surface area (Å²) in [4.78, 5) is 8.10. The van der Waals surface area contributed by atoms with Gasteiger partial charge in [-0.3, -0.25) is 0 Å². The zero-order valence-corrected chi connectivity index (χ0v) is 10.2. The highest BCUT2D eigenvalue weighted by molar-refractivity contribution is 5.27. The molecule has 1 aromatic heterocycles. The number of nitrogens with one attached hydrogen (secondary N) is 1. The molecule has 0 spiro atoms. The Kier molecular flexibility index (Phi) is 5.11. The lowest BCUT2D eigenvalue weighted by atomic mass is 10.1. The molecule has 0 aromatic carbocycles. The summed E-state index contributed by atoms with van der Waals surface area (Å²) in [6, 6.07) is 1.67. The van der Waals surface area contributed by atoms with E-state index in [2.05, 4.69) is 15.3 Å². The third-order valence-electron chi connectivity index (χ3n) is 2.05. The Balaban J connectivity index is 2.53. The number of aliphatic hydroxyl groups is 2. The summed E-state index contributed by atoms with van der Waals surface area (Å²) in [6.45, 7) is 3.98. The molecule has 6 nitrogen and oxygen atoms in total. The number of nitrogens with zero attached hydrogens (tertiary/aromatic N) is 2. The second-order valence-electron chi connectivity index (χ2n) is 4.08. The Hall–Kier alpha value is -1.40. The fourth-order valence-corrected chi connectivity index (χ4v) is 1.04. The van der Waals surface area contributed by atoms with E-state index < -0.39 is 5.60 Å². The van der Waals surface area contributed by atoms with Gasteiger partial charge in [-0.05, 0) is 13.3 Å². The first-order valence-corrected chi connectivity index (χ1v) is 5.60. The van der Waals surface area contributed by atoms with Crippen LogP contribution in [0.25, 0.3) is 0 Å². The molecule has 0 bridgehead atoms. The van der Waals surface area contributed by atoms with Crippen molar-refractivity contribution < 1.29 is 14.9 Å². The number of hydrogen-bond acceptors (Lipinski definition) is 6. The van der Waals surface area contributed by atoms with Crippen molar-refractivity contribution in [3.8, 4) is 5.88 Å². The van der Waals surface area contributed by atoms with E-state index in [9.17, 15) is 5.11 Å². The Morgan fingerprint density at radius 1 is 1.53 bits per heavy atom. The van der Waals surface area contributed by atoms with E-state index in [1.54, 1.807) is 12.3 Å². The fourth-order valence-electron chi connectivity index (χ4n) is 1.04. The molecule has 1 unspecified atom stereocenters. The second-order valence-corrected chi connectivity index (χ2v) is 4.08. The molecule has 1 atom stereocenters. The summed E-state index contributed by atoms with van der Waals surface area (Å²) in [7, 11) is 0. The smallest absolute Gasteiger partial charge is 0.226 e. The van der Waals surface area contributed by atoms with Crippen LogP contribution in [0.4, 0.5) is 5.95 Å². The van der Waals surface area contributed by atoms with Crippen LogP contribution >= 0.6 is 0 Å². The predicted octanol–water partition coefficient (Wildman–Crippen LogP) is 0.421. The summed E-state index contributed by atoms with van der Waals surface area (Å²) < 4.78 is 5.35. The van der Waals surface area contributed by atoms with Gasteiger partial charge in [0, 0.05) is 18.8 Å². The molecule has 0 fully saturated rings. The van der Waals surface area contributed by atoms with Gasteiger partial charge in [0.05, 0.1) is 13.2 Å². The average Bonchev–Trinajstić information content (AvgIpc) is 2.35. The van der Waals surface area contributed by atoms with Crippen molar-refractivity contribution in [2.24, 2.45) is 0 Å². The van der Waals surface area contributed by atoms with Crippen molar-refractivity contribution in [2.75, 3.05) is 25.1 Å². The number of hydrogen-bond donors (Lipinski definition) is 3. The van der Waals surface area contributed by atoms with Gasteiger partial charge in [0.2, 0.25) is 11.8 Å². The maximum atomic E-state index is 9.60. The molecule has 6 heteroatoms. The Morgan fingerprint density at radius 2 is 2.29 bits per heavy atom. The van der Waals surface area contributed by atoms with Gasteiger partial charge in [-0.1, -0.05) is 6.92 Å². The molecular weight excluding hydrogens is 222 g/mol. The van der Waals surface area contributed by atoms with Gasteiger partial charge in [0.15, 0.2) is 0 Å². The maximum Gasteiger partial charge on any atom is 0.226 e. The summed E-state index contributed by atoms with van der Waals surface area (Å²) in [5.41, 5.74) is -1.19. The van der Waals surface area contributed by atoms with Crippen LogP contribution in [-0.4, -0.2) is 45.5 Å². The summed E-state index contributed by atoms with van der Waals surface area (Å²) >= 11 is 0. The molecule has 0 aliphatic heterocycles. The average molecular weight is 241 g/mol. The van der Waals surface area contributed by atoms with Crippen LogP contribution in [0.3, 0.4) is 0 Å². The van der Waals surface area contributed by atoms with Crippen LogP contribution in [0.2, 0.25) is 0 Å². The number of aromatic nitrogens is 2. The van der Waals surface area contributed by atoms with Crippen LogP contribution in [-0.2, 0) is 0 Å². The molecule has 0 radical (unpaired) electrons. The summed E-state index contributed by atoms with van der Waals surface area (Å²) in [5, 5.41) is 21.3. The number of aliphatic hydroxyl groups excluding tert-OH is 1.